The Balaban J connectivity index is 1.66. The van der Waals surface area contributed by atoms with Crippen molar-refractivity contribution in [3.05, 3.63) is 89.6 Å². The summed E-state index contributed by atoms with van der Waals surface area (Å²) in [7, 11) is 0. The van der Waals surface area contributed by atoms with Crippen LogP contribution in [0.4, 0.5) is 0 Å². The SMILES string of the molecule is N#Cc1cccc(C(=N)/C=C\C(=N)N=C(N)Cc2ccc3ncccc3c2)c1. The molecule has 0 aliphatic rings. The Bertz CT molecular complexity index is 1150. The molecule has 136 valence electrons. The van der Waals surface area contributed by atoms with Crippen LogP contribution in [0.1, 0.15) is 16.7 Å². The average molecular weight is 366 g/mol. The van der Waals surface area contributed by atoms with E-state index >= 15 is 0 Å². The summed E-state index contributed by atoms with van der Waals surface area (Å²) in [4.78, 5) is 8.36. The minimum Gasteiger partial charge on any atom is -0.387 e. The molecule has 6 heteroatoms. The molecule has 0 fully saturated rings. The van der Waals surface area contributed by atoms with Gasteiger partial charge in [0.1, 0.15) is 11.7 Å². The van der Waals surface area contributed by atoms with Crippen molar-refractivity contribution in [1.82, 2.24) is 4.98 Å². The first kappa shape index (κ1) is 18.7. The number of nitrogens with zero attached hydrogens (tertiary/aromatic N) is 3. The van der Waals surface area contributed by atoms with Gasteiger partial charge in [0, 0.05) is 23.6 Å². The van der Waals surface area contributed by atoms with Crippen molar-refractivity contribution in [2.75, 3.05) is 0 Å². The number of fused-ring (bicyclic) bond motifs is 1. The van der Waals surface area contributed by atoms with Gasteiger partial charge in [0.25, 0.3) is 0 Å². The van der Waals surface area contributed by atoms with E-state index in [0.717, 1.165) is 16.5 Å². The molecule has 0 spiro atoms. The summed E-state index contributed by atoms with van der Waals surface area (Å²) in [5.74, 6) is 0.275. The van der Waals surface area contributed by atoms with Crippen molar-refractivity contribution in [3.8, 4) is 6.07 Å². The van der Waals surface area contributed by atoms with Crippen LogP contribution >= 0.6 is 0 Å². The highest BCUT2D eigenvalue weighted by Gasteiger charge is 2.02. The highest BCUT2D eigenvalue weighted by Crippen LogP contribution is 2.13. The maximum Gasteiger partial charge on any atom is 0.146 e. The van der Waals surface area contributed by atoms with Crippen LogP contribution in [0.3, 0.4) is 0 Å². The molecule has 0 saturated heterocycles. The number of allylic oxidation sites excluding steroid dienone is 1. The van der Waals surface area contributed by atoms with Crippen molar-refractivity contribution in [3.63, 3.8) is 0 Å². The summed E-state index contributed by atoms with van der Waals surface area (Å²) in [6, 6.07) is 18.5. The number of pyridine rings is 1. The van der Waals surface area contributed by atoms with Gasteiger partial charge in [-0.25, -0.2) is 4.99 Å². The zero-order chi connectivity index (χ0) is 19.9. The number of hydrogen-bond acceptors (Lipinski definition) is 4. The normalized spacial score (nSPS) is 11.5. The first-order valence-electron chi connectivity index (χ1n) is 8.57. The minimum absolute atomic E-state index is 0.0406. The van der Waals surface area contributed by atoms with E-state index in [0.29, 0.717) is 23.4 Å². The first-order chi connectivity index (χ1) is 13.5. The van der Waals surface area contributed by atoms with Crippen LogP contribution in [0.2, 0.25) is 0 Å². The number of nitrogens with two attached hydrogens (primary N) is 1. The molecule has 2 aromatic carbocycles. The number of benzene rings is 2. The first-order valence-corrected chi connectivity index (χ1v) is 8.57. The zero-order valence-electron chi connectivity index (χ0n) is 15.1. The topological polar surface area (TPSA) is 123 Å². The highest BCUT2D eigenvalue weighted by atomic mass is 14.9. The van der Waals surface area contributed by atoms with Gasteiger partial charge < -0.3 is 11.1 Å². The van der Waals surface area contributed by atoms with Crippen molar-refractivity contribution in [1.29, 1.82) is 16.1 Å². The van der Waals surface area contributed by atoms with Crippen LogP contribution in [0, 0.1) is 22.1 Å². The molecule has 1 aromatic heterocycles. The van der Waals surface area contributed by atoms with E-state index in [9.17, 15) is 0 Å². The summed E-state index contributed by atoms with van der Waals surface area (Å²) < 4.78 is 0. The van der Waals surface area contributed by atoms with Crippen LogP contribution in [0.5, 0.6) is 0 Å². The molecule has 0 amide bonds. The fourth-order valence-electron chi connectivity index (χ4n) is 2.69. The molecule has 28 heavy (non-hydrogen) atoms. The Kier molecular flexibility index (Phi) is 5.68. The number of hydrogen-bond donors (Lipinski definition) is 3. The van der Waals surface area contributed by atoms with E-state index in [1.807, 2.05) is 36.4 Å². The third-order valence-corrected chi connectivity index (χ3v) is 4.03. The summed E-state index contributed by atoms with van der Waals surface area (Å²) >= 11 is 0. The van der Waals surface area contributed by atoms with Crippen LogP contribution < -0.4 is 5.73 Å². The smallest absolute Gasteiger partial charge is 0.146 e. The Hall–Kier alpha value is -4.11. The van der Waals surface area contributed by atoms with Crippen LogP contribution in [-0.2, 0) is 6.42 Å². The number of amidine groups is 2. The largest absolute Gasteiger partial charge is 0.387 e. The number of nitriles is 1. The maximum absolute atomic E-state index is 8.93. The van der Waals surface area contributed by atoms with Crippen LogP contribution in [0.15, 0.2) is 77.9 Å². The third-order valence-electron chi connectivity index (χ3n) is 4.03. The fraction of sp³-hybridized carbons (Fsp3) is 0.0455. The van der Waals surface area contributed by atoms with Crippen molar-refractivity contribution < 1.29 is 0 Å². The molecule has 0 radical (unpaired) electrons. The van der Waals surface area contributed by atoms with E-state index in [4.69, 9.17) is 21.8 Å². The molecule has 0 saturated carbocycles. The lowest BCUT2D eigenvalue weighted by molar-refractivity contribution is 1.28. The molecule has 1 heterocycles. The van der Waals surface area contributed by atoms with Gasteiger partial charge in [-0.1, -0.05) is 24.3 Å². The molecule has 0 atom stereocenters. The van der Waals surface area contributed by atoms with E-state index in [1.54, 1.807) is 30.5 Å². The van der Waals surface area contributed by atoms with Crippen LogP contribution in [0.25, 0.3) is 10.9 Å². The second kappa shape index (κ2) is 8.52. The van der Waals surface area contributed by atoms with Gasteiger partial charge in [0.2, 0.25) is 0 Å². The minimum atomic E-state index is -0.0406. The summed E-state index contributed by atoms with van der Waals surface area (Å²) in [5.41, 5.74) is 9.15. The Morgan fingerprint density at radius 3 is 2.79 bits per heavy atom. The third kappa shape index (κ3) is 4.74. The van der Waals surface area contributed by atoms with Gasteiger partial charge in [0.05, 0.1) is 22.9 Å². The predicted molar refractivity (Wildman–Crippen MR) is 112 cm³/mol. The maximum atomic E-state index is 8.93. The molecule has 0 unspecified atom stereocenters. The van der Waals surface area contributed by atoms with Gasteiger partial charge >= 0.3 is 0 Å². The Labute approximate surface area is 162 Å². The molecular weight excluding hydrogens is 348 g/mol. The van der Waals surface area contributed by atoms with Gasteiger partial charge in [-0.3, -0.25) is 10.4 Å². The quantitative estimate of drug-likeness (QED) is 0.472. The number of nitrogens with one attached hydrogen (secondary N) is 2. The Morgan fingerprint density at radius 2 is 1.96 bits per heavy atom. The predicted octanol–water partition coefficient (Wildman–Crippen LogP) is 3.61. The highest BCUT2D eigenvalue weighted by molar-refractivity contribution is 6.11. The molecule has 6 nitrogen and oxygen atoms in total. The molecular formula is C22H18N6. The number of aliphatic imine (C=N–C) groups is 1. The monoisotopic (exact) mass is 366 g/mol. The molecule has 0 bridgehead atoms. The van der Waals surface area contributed by atoms with Crippen molar-refractivity contribution >= 4 is 28.3 Å². The average Bonchev–Trinajstić information content (AvgIpc) is 2.71. The van der Waals surface area contributed by atoms with E-state index in [1.165, 1.54) is 12.2 Å². The second-order valence-corrected chi connectivity index (χ2v) is 6.14. The van der Waals surface area contributed by atoms with Gasteiger partial charge in [-0.05, 0) is 48.0 Å². The Morgan fingerprint density at radius 1 is 1.11 bits per heavy atom. The second-order valence-electron chi connectivity index (χ2n) is 6.14. The zero-order valence-corrected chi connectivity index (χ0v) is 15.1. The van der Waals surface area contributed by atoms with Crippen molar-refractivity contribution in [2.24, 2.45) is 10.7 Å². The molecule has 0 aliphatic carbocycles. The van der Waals surface area contributed by atoms with Gasteiger partial charge in [-0.2, -0.15) is 5.26 Å². The fourth-order valence-corrected chi connectivity index (χ4v) is 2.69. The number of aromatic nitrogens is 1. The number of rotatable bonds is 5. The lowest BCUT2D eigenvalue weighted by Crippen LogP contribution is -2.16. The molecule has 4 N–H and O–H groups in total. The molecule has 0 aliphatic heterocycles. The summed E-state index contributed by atoms with van der Waals surface area (Å²) in [6.07, 6.45) is 5.05. The van der Waals surface area contributed by atoms with E-state index < -0.39 is 0 Å². The van der Waals surface area contributed by atoms with Crippen LogP contribution in [-0.4, -0.2) is 22.4 Å². The summed E-state index contributed by atoms with van der Waals surface area (Å²) in [6.45, 7) is 0. The lowest BCUT2D eigenvalue weighted by atomic mass is 10.1. The van der Waals surface area contributed by atoms with Gasteiger partial charge in [0.15, 0.2) is 0 Å². The summed E-state index contributed by atoms with van der Waals surface area (Å²) in [5, 5.41) is 25.9. The van der Waals surface area contributed by atoms with E-state index in [2.05, 4.69) is 9.98 Å². The molecule has 3 aromatic rings. The van der Waals surface area contributed by atoms with Gasteiger partial charge in [-0.15, -0.1) is 0 Å². The standard InChI is InChI=1S/C22H18N6/c23-14-16-3-1-4-17(12-16)19(24)7-9-21(25)28-22(26)13-15-6-8-20-18(11-15)5-2-10-27-20/h1-12,24H,13H2,(H3,25,26,28)/b9-7-,24-19?. The van der Waals surface area contributed by atoms with E-state index in [-0.39, 0.29) is 11.5 Å². The molecule has 3 rings (SSSR count). The lowest BCUT2D eigenvalue weighted by Gasteiger charge is -2.03. The van der Waals surface area contributed by atoms with Crippen molar-refractivity contribution in [2.45, 2.75) is 6.42 Å².